The van der Waals surface area contributed by atoms with Crippen molar-refractivity contribution in [3.8, 4) is 0 Å². The number of carboxylic acid groups (broad SMARTS) is 1. The molecule has 1 aliphatic carbocycles. The molecule has 0 radical (unpaired) electrons. The van der Waals surface area contributed by atoms with Gasteiger partial charge in [-0.25, -0.2) is 0 Å². The lowest BCUT2D eigenvalue weighted by molar-refractivity contribution is -0.139. The number of hydrogen-bond acceptors (Lipinski definition) is 3. The predicted octanol–water partition coefficient (Wildman–Crippen LogP) is 1.59. The number of anilines is 1. The van der Waals surface area contributed by atoms with Gasteiger partial charge in [0.2, 0.25) is 5.91 Å². The van der Waals surface area contributed by atoms with E-state index in [1.807, 2.05) is 30.3 Å². The predicted molar refractivity (Wildman–Crippen MR) is 75.6 cm³/mol. The van der Waals surface area contributed by atoms with Crippen LogP contribution in [0.1, 0.15) is 12.0 Å². The molecule has 0 bridgehead atoms. The topological polar surface area (TPSA) is 84.2 Å². The number of hydrogen-bond donors (Lipinski definition) is 2. The molecule has 1 aromatic carbocycles. The Morgan fingerprint density at radius 2 is 2.05 bits per heavy atom. The van der Waals surface area contributed by atoms with Gasteiger partial charge in [-0.05, 0) is 12.0 Å². The molecule has 0 unspecified atom stereocenters. The normalized spacial score (nSPS) is 20.0. The van der Waals surface area contributed by atoms with Crippen molar-refractivity contribution in [3.63, 3.8) is 0 Å². The molecule has 0 saturated heterocycles. The van der Waals surface area contributed by atoms with Crippen LogP contribution in [0.5, 0.6) is 0 Å². The molecule has 1 heterocycles. The highest BCUT2D eigenvalue weighted by atomic mass is 16.4. The van der Waals surface area contributed by atoms with Gasteiger partial charge in [0.1, 0.15) is 0 Å². The van der Waals surface area contributed by atoms with Crippen LogP contribution in [0.2, 0.25) is 0 Å². The van der Waals surface area contributed by atoms with Crippen molar-refractivity contribution in [3.05, 3.63) is 48.3 Å². The molecule has 1 aliphatic rings. The Morgan fingerprint density at radius 3 is 2.71 bits per heavy atom. The molecule has 6 heteroatoms. The zero-order valence-electron chi connectivity index (χ0n) is 11.3. The monoisotopic (exact) mass is 285 g/mol. The fraction of sp³-hybridized carbons (Fsp3) is 0.267. The van der Waals surface area contributed by atoms with Gasteiger partial charge in [-0.15, -0.1) is 0 Å². The van der Waals surface area contributed by atoms with E-state index < -0.39 is 17.8 Å². The molecule has 21 heavy (non-hydrogen) atoms. The lowest BCUT2D eigenvalue weighted by atomic mass is 10.2. The minimum atomic E-state index is -0.907. The van der Waals surface area contributed by atoms with Crippen molar-refractivity contribution in [2.24, 2.45) is 11.8 Å². The van der Waals surface area contributed by atoms with E-state index in [4.69, 9.17) is 5.11 Å². The van der Waals surface area contributed by atoms with Crippen LogP contribution in [0.25, 0.3) is 0 Å². The number of carbonyl (C=O) groups excluding carboxylic acids is 1. The maximum atomic E-state index is 11.8. The average Bonchev–Trinajstić information content (AvgIpc) is 3.17. The summed E-state index contributed by atoms with van der Waals surface area (Å²) in [5, 5.41) is 15.7. The Hall–Kier alpha value is -2.63. The summed E-state index contributed by atoms with van der Waals surface area (Å²) >= 11 is 0. The van der Waals surface area contributed by atoms with Crippen LogP contribution in [0.4, 0.5) is 5.69 Å². The van der Waals surface area contributed by atoms with E-state index in [1.165, 1.54) is 0 Å². The zero-order chi connectivity index (χ0) is 14.8. The van der Waals surface area contributed by atoms with Gasteiger partial charge in [-0.3, -0.25) is 14.3 Å². The van der Waals surface area contributed by atoms with Gasteiger partial charge in [0.25, 0.3) is 0 Å². The maximum Gasteiger partial charge on any atom is 0.307 e. The van der Waals surface area contributed by atoms with Gasteiger partial charge in [0.05, 0.1) is 30.3 Å². The third kappa shape index (κ3) is 3.10. The molecule has 1 aromatic heterocycles. The molecule has 0 aliphatic heterocycles. The second-order valence-corrected chi connectivity index (χ2v) is 5.19. The molecule has 1 saturated carbocycles. The molecule has 1 amide bonds. The van der Waals surface area contributed by atoms with E-state index in [2.05, 4.69) is 10.4 Å². The van der Waals surface area contributed by atoms with Gasteiger partial charge in [-0.1, -0.05) is 30.3 Å². The summed E-state index contributed by atoms with van der Waals surface area (Å²) in [7, 11) is 0. The van der Waals surface area contributed by atoms with Crippen molar-refractivity contribution >= 4 is 17.6 Å². The van der Waals surface area contributed by atoms with Crippen molar-refractivity contribution < 1.29 is 14.7 Å². The Balaban J connectivity index is 1.58. The van der Waals surface area contributed by atoms with Crippen molar-refractivity contribution in [2.75, 3.05) is 5.32 Å². The Bertz CT molecular complexity index is 666. The lowest BCUT2D eigenvalue weighted by Crippen LogP contribution is -2.16. The first-order valence-corrected chi connectivity index (χ1v) is 6.73. The summed E-state index contributed by atoms with van der Waals surface area (Å²) < 4.78 is 1.73. The molecule has 1 fully saturated rings. The van der Waals surface area contributed by atoms with Crippen LogP contribution in [0.15, 0.2) is 42.7 Å². The first-order chi connectivity index (χ1) is 10.1. The molecule has 2 aromatic rings. The maximum absolute atomic E-state index is 11.8. The molecule has 3 rings (SSSR count). The number of aromatic nitrogens is 2. The van der Waals surface area contributed by atoms with Crippen LogP contribution in [-0.2, 0) is 16.1 Å². The second kappa shape index (κ2) is 5.40. The molecular weight excluding hydrogens is 270 g/mol. The third-order valence-corrected chi connectivity index (χ3v) is 3.53. The number of amides is 1. The van der Waals surface area contributed by atoms with Crippen molar-refractivity contribution in [2.45, 2.75) is 13.0 Å². The molecular formula is C15H15N3O3. The van der Waals surface area contributed by atoms with Crippen molar-refractivity contribution in [1.29, 1.82) is 0 Å². The number of benzene rings is 1. The number of rotatable bonds is 5. The molecule has 6 nitrogen and oxygen atoms in total. The largest absolute Gasteiger partial charge is 0.481 e. The fourth-order valence-corrected chi connectivity index (χ4v) is 2.28. The molecule has 2 N–H and O–H groups in total. The minimum Gasteiger partial charge on any atom is -0.481 e. The smallest absolute Gasteiger partial charge is 0.307 e. The summed E-state index contributed by atoms with van der Waals surface area (Å²) in [5.74, 6) is -2.11. The first-order valence-electron chi connectivity index (χ1n) is 6.73. The van der Waals surface area contributed by atoms with Gasteiger partial charge < -0.3 is 10.4 Å². The van der Waals surface area contributed by atoms with Gasteiger partial charge >= 0.3 is 5.97 Å². The van der Waals surface area contributed by atoms with E-state index in [9.17, 15) is 9.59 Å². The van der Waals surface area contributed by atoms with Crippen LogP contribution in [0.3, 0.4) is 0 Å². The number of carboxylic acids is 1. The van der Waals surface area contributed by atoms with E-state index in [0.717, 1.165) is 5.56 Å². The highest BCUT2D eigenvalue weighted by Crippen LogP contribution is 2.39. The zero-order valence-corrected chi connectivity index (χ0v) is 11.3. The standard InChI is InChI=1S/C15H15N3O3/c19-14(12-6-13(12)15(20)21)17-11-7-16-18(9-11)8-10-4-2-1-3-5-10/h1-5,7,9,12-13H,6,8H2,(H,17,19)(H,20,21)/t12-,13+/m1/s1. The van der Waals surface area contributed by atoms with Gasteiger partial charge in [-0.2, -0.15) is 5.10 Å². The number of nitrogens with one attached hydrogen (secondary N) is 1. The lowest BCUT2D eigenvalue weighted by Gasteiger charge is -2.02. The van der Waals surface area contributed by atoms with Crippen LogP contribution < -0.4 is 5.32 Å². The summed E-state index contributed by atoms with van der Waals surface area (Å²) in [4.78, 5) is 22.6. The van der Waals surface area contributed by atoms with Crippen LogP contribution in [-0.4, -0.2) is 26.8 Å². The summed E-state index contributed by atoms with van der Waals surface area (Å²) in [6.07, 6.45) is 3.72. The SMILES string of the molecule is O=C(O)[C@H]1C[C@H]1C(=O)Nc1cnn(Cc2ccccc2)c1. The Kier molecular flexibility index (Phi) is 3.43. The van der Waals surface area contributed by atoms with Crippen LogP contribution >= 0.6 is 0 Å². The Labute approximate surface area is 121 Å². The van der Waals surface area contributed by atoms with Crippen molar-refractivity contribution in [1.82, 2.24) is 9.78 Å². The second-order valence-electron chi connectivity index (χ2n) is 5.19. The number of aliphatic carboxylic acids is 1. The van der Waals surface area contributed by atoms with E-state index in [1.54, 1.807) is 17.1 Å². The highest BCUT2D eigenvalue weighted by Gasteiger charge is 2.48. The summed E-state index contributed by atoms with van der Waals surface area (Å²) in [6, 6.07) is 9.87. The fourth-order valence-electron chi connectivity index (χ4n) is 2.28. The number of carbonyl (C=O) groups is 2. The Morgan fingerprint density at radius 1 is 1.29 bits per heavy atom. The molecule has 108 valence electrons. The highest BCUT2D eigenvalue weighted by molar-refractivity contribution is 5.98. The third-order valence-electron chi connectivity index (χ3n) is 3.53. The molecule has 0 spiro atoms. The quantitative estimate of drug-likeness (QED) is 0.873. The van der Waals surface area contributed by atoms with E-state index >= 15 is 0 Å². The van der Waals surface area contributed by atoms with Crippen LogP contribution in [0, 0.1) is 11.8 Å². The average molecular weight is 285 g/mol. The summed E-state index contributed by atoms with van der Waals surface area (Å²) in [6.45, 7) is 0.623. The molecule has 2 atom stereocenters. The number of nitrogens with zero attached hydrogens (tertiary/aromatic N) is 2. The van der Waals surface area contributed by atoms with E-state index in [-0.39, 0.29) is 5.91 Å². The van der Waals surface area contributed by atoms with E-state index in [0.29, 0.717) is 18.7 Å². The van der Waals surface area contributed by atoms with Gasteiger partial charge in [0.15, 0.2) is 0 Å². The first kappa shape index (κ1) is 13.4. The van der Waals surface area contributed by atoms with Gasteiger partial charge in [0, 0.05) is 6.20 Å². The minimum absolute atomic E-state index is 0.248. The summed E-state index contributed by atoms with van der Waals surface area (Å²) in [5.41, 5.74) is 1.71.